The Hall–Kier alpha value is -3.48. The summed E-state index contributed by atoms with van der Waals surface area (Å²) in [6, 6.07) is 14.8. The van der Waals surface area contributed by atoms with Crippen LogP contribution in [0.15, 0.2) is 54.6 Å². The van der Waals surface area contributed by atoms with Crippen LogP contribution in [0.3, 0.4) is 0 Å². The molecule has 144 valence electrons. The van der Waals surface area contributed by atoms with Gasteiger partial charge in [-0.15, -0.1) is 0 Å². The number of ketones is 1. The lowest BCUT2D eigenvalue weighted by Crippen LogP contribution is -2.17. The van der Waals surface area contributed by atoms with Crippen LogP contribution in [-0.2, 0) is 9.53 Å². The van der Waals surface area contributed by atoms with Crippen molar-refractivity contribution in [3.8, 4) is 11.5 Å². The molecule has 0 atom stereocenters. The van der Waals surface area contributed by atoms with E-state index < -0.39 is 34.7 Å². The summed E-state index contributed by atoms with van der Waals surface area (Å²) in [6.07, 6.45) is 0. The first-order valence-corrected chi connectivity index (χ1v) is 8.35. The molecule has 0 N–H and O–H groups in total. The van der Waals surface area contributed by atoms with E-state index in [9.17, 15) is 18.4 Å². The minimum absolute atomic E-state index is 0.0556. The van der Waals surface area contributed by atoms with E-state index >= 15 is 0 Å². The van der Waals surface area contributed by atoms with Crippen molar-refractivity contribution in [2.24, 2.45) is 0 Å². The van der Waals surface area contributed by atoms with E-state index in [4.69, 9.17) is 9.47 Å². The lowest BCUT2D eigenvalue weighted by Gasteiger charge is -2.11. The van der Waals surface area contributed by atoms with Crippen LogP contribution in [0, 0.1) is 11.6 Å². The highest BCUT2D eigenvalue weighted by atomic mass is 19.1. The van der Waals surface area contributed by atoms with E-state index in [1.165, 1.54) is 0 Å². The molecule has 0 aromatic heterocycles. The molecule has 3 rings (SSSR count). The third-order valence-corrected chi connectivity index (χ3v) is 3.95. The predicted octanol–water partition coefficient (Wildman–Crippen LogP) is 3.93. The molecule has 0 fully saturated rings. The Kier molecular flexibility index (Phi) is 5.84. The van der Waals surface area contributed by atoms with Crippen LogP contribution >= 0.6 is 0 Å². The van der Waals surface area contributed by atoms with Crippen LogP contribution in [0.25, 0.3) is 10.8 Å². The Morgan fingerprint density at radius 3 is 2.18 bits per heavy atom. The molecule has 0 saturated carbocycles. The molecule has 3 aromatic carbocycles. The highest BCUT2D eigenvalue weighted by Gasteiger charge is 2.21. The maximum atomic E-state index is 14.1. The number of benzene rings is 3. The fourth-order valence-electron chi connectivity index (χ4n) is 2.60. The molecule has 3 aromatic rings. The van der Waals surface area contributed by atoms with Gasteiger partial charge in [-0.1, -0.05) is 30.3 Å². The molecule has 0 heterocycles. The number of hydrogen-bond acceptors (Lipinski definition) is 5. The second-order valence-electron chi connectivity index (χ2n) is 5.80. The van der Waals surface area contributed by atoms with Gasteiger partial charge in [0.1, 0.15) is 19.0 Å². The molecule has 7 heteroatoms. The minimum Gasteiger partial charge on any atom is -0.490 e. The zero-order valence-corrected chi connectivity index (χ0v) is 14.9. The molecule has 0 radical (unpaired) electrons. The molecule has 0 unspecified atom stereocenters. The number of carbonyl (C=O) groups excluding carboxylic acids is 2. The molecule has 0 aliphatic heterocycles. The van der Waals surface area contributed by atoms with Crippen molar-refractivity contribution in [1.82, 2.24) is 0 Å². The van der Waals surface area contributed by atoms with Gasteiger partial charge in [0.15, 0.2) is 17.4 Å². The summed E-state index contributed by atoms with van der Waals surface area (Å²) < 4.78 is 43.0. The molecule has 0 saturated heterocycles. The third kappa shape index (κ3) is 4.25. The largest absolute Gasteiger partial charge is 0.490 e. The number of methoxy groups -OCH3 is 1. The zero-order valence-electron chi connectivity index (χ0n) is 14.9. The Morgan fingerprint density at radius 2 is 1.50 bits per heavy atom. The van der Waals surface area contributed by atoms with Crippen molar-refractivity contribution >= 4 is 22.5 Å². The Balaban J connectivity index is 1.61. The first-order chi connectivity index (χ1) is 13.5. The number of hydrogen-bond donors (Lipinski definition) is 0. The van der Waals surface area contributed by atoms with Crippen molar-refractivity contribution in [1.29, 1.82) is 0 Å². The van der Waals surface area contributed by atoms with E-state index in [1.54, 1.807) is 6.07 Å². The van der Waals surface area contributed by atoms with E-state index in [0.29, 0.717) is 5.75 Å². The van der Waals surface area contributed by atoms with Crippen LogP contribution < -0.4 is 9.47 Å². The minimum atomic E-state index is -1.21. The predicted molar refractivity (Wildman–Crippen MR) is 97.6 cm³/mol. The molecule has 0 spiro atoms. The fraction of sp³-hybridized carbons (Fsp3) is 0.143. The third-order valence-electron chi connectivity index (χ3n) is 3.95. The van der Waals surface area contributed by atoms with Gasteiger partial charge in [-0.25, -0.2) is 13.6 Å². The molecule has 0 amide bonds. The van der Waals surface area contributed by atoms with Crippen molar-refractivity contribution in [3.05, 3.63) is 71.8 Å². The molecular formula is C21H16F2O5. The summed E-state index contributed by atoms with van der Waals surface area (Å²) in [4.78, 5) is 22.8. The SMILES string of the molecule is COC(=O)C(=O)c1cc(F)c(OCCOc2ccc3ccccc3c2)c(F)c1. The molecule has 5 nitrogen and oxygen atoms in total. The number of Topliss-reactive ketones (excluding diaryl/α,β-unsaturated/α-hetero) is 1. The van der Waals surface area contributed by atoms with E-state index in [2.05, 4.69) is 4.74 Å². The smallest absolute Gasteiger partial charge is 0.379 e. The summed E-state index contributed by atoms with van der Waals surface area (Å²) in [5, 5.41) is 2.07. The van der Waals surface area contributed by atoms with E-state index in [0.717, 1.165) is 30.0 Å². The van der Waals surface area contributed by atoms with Crippen LogP contribution in [-0.4, -0.2) is 32.1 Å². The molecule has 0 aliphatic rings. The maximum Gasteiger partial charge on any atom is 0.379 e. The van der Waals surface area contributed by atoms with Gasteiger partial charge in [0.25, 0.3) is 5.78 Å². The van der Waals surface area contributed by atoms with Crippen LogP contribution in [0.5, 0.6) is 11.5 Å². The summed E-state index contributed by atoms with van der Waals surface area (Å²) in [7, 11) is 1.000. The number of esters is 1. The van der Waals surface area contributed by atoms with E-state index in [1.807, 2.05) is 36.4 Å². The van der Waals surface area contributed by atoms with Crippen molar-refractivity contribution in [2.45, 2.75) is 0 Å². The van der Waals surface area contributed by atoms with Crippen LogP contribution in [0.4, 0.5) is 8.78 Å². The van der Waals surface area contributed by atoms with Gasteiger partial charge in [-0.05, 0) is 35.0 Å². The van der Waals surface area contributed by atoms with Gasteiger partial charge in [0, 0.05) is 5.56 Å². The molecule has 0 aliphatic carbocycles. The topological polar surface area (TPSA) is 61.8 Å². The second kappa shape index (κ2) is 8.47. The Morgan fingerprint density at radius 1 is 0.857 bits per heavy atom. The van der Waals surface area contributed by atoms with E-state index in [-0.39, 0.29) is 13.2 Å². The van der Waals surface area contributed by atoms with Crippen LogP contribution in [0.2, 0.25) is 0 Å². The van der Waals surface area contributed by atoms with Crippen molar-refractivity contribution in [2.75, 3.05) is 20.3 Å². The lowest BCUT2D eigenvalue weighted by molar-refractivity contribution is -0.135. The average Bonchev–Trinajstić information content (AvgIpc) is 2.71. The highest BCUT2D eigenvalue weighted by molar-refractivity contribution is 6.40. The number of fused-ring (bicyclic) bond motifs is 1. The number of carbonyl (C=O) groups is 2. The monoisotopic (exact) mass is 386 g/mol. The van der Waals surface area contributed by atoms with Gasteiger partial charge in [0.05, 0.1) is 7.11 Å². The molecule has 0 bridgehead atoms. The summed E-state index contributed by atoms with van der Waals surface area (Å²) in [5.74, 6) is -4.61. The van der Waals surface area contributed by atoms with Crippen molar-refractivity contribution in [3.63, 3.8) is 0 Å². The maximum absolute atomic E-state index is 14.1. The second-order valence-corrected chi connectivity index (χ2v) is 5.80. The Labute approximate surface area is 159 Å². The van der Waals surface area contributed by atoms with Gasteiger partial charge >= 0.3 is 5.97 Å². The van der Waals surface area contributed by atoms with Crippen LogP contribution in [0.1, 0.15) is 10.4 Å². The van der Waals surface area contributed by atoms with Crippen molar-refractivity contribution < 1.29 is 32.6 Å². The fourth-order valence-corrected chi connectivity index (χ4v) is 2.60. The summed E-state index contributed by atoms with van der Waals surface area (Å²) >= 11 is 0. The number of ether oxygens (including phenoxy) is 3. The molecular weight excluding hydrogens is 370 g/mol. The van der Waals surface area contributed by atoms with Gasteiger partial charge in [-0.2, -0.15) is 0 Å². The lowest BCUT2D eigenvalue weighted by atomic mass is 10.1. The first kappa shape index (κ1) is 19.3. The molecule has 28 heavy (non-hydrogen) atoms. The average molecular weight is 386 g/mol. The normalized spacial score (nSPS) is 10.5. The van der Waals surface area contributed by atoms with Gasteiger partial charge < -0.3 is 14.2 Å². The standard InChI is InChI=1S/C21H16F2O5/c1-26-21(25)19(24)15-11-17(22)20(18(23)12-15)28-9-8-27-16-7-6-13-4-2-3-5-14(13)10-16/h2-7,10-12H,8-9H2,1H3. The quantitative estimate of drug-likeness (QED) is 0.266. The Bertz CT molecular complexity index is 1010. The van der Waals surface area contributed by atoms with Gasteiger partial charge in [-0.3, -0.25) is 4.79 Å². The first-order valence-electron chi connectivity index (χ1n) is 8.35. The summed E-state index contributed by atoms with van der Waals surface area (Å²) in [6.45, 7) is -0.0645. The summed E-state index contributed by atoms with van der Waals surface area (Å²) in [5.41, 5.74) is -0.457. The number of halogens is 2. The highest BCUT2D eigenvalue weighted by Crippen LogP contribution is 2.24. The zero-order chi connectivity index (χ0) is 20.1. The van der Waals surface area contributed by atoms with Gasteiger partial charge in [0.2, 0.25) is 0 Å². The number of rotatable bonds is 7.